The smallest absolute Gasteiger partial charge is 0.338 e. The zero-order chi connectivity index (χ0) is 22.0. The number of fused-ring (bicyclic) bond motifs is 1. The van der Waals surface area contributed by atoms with E-state index in [0.29, 0.717) is 5.69 Å². The predicted molar refractivity (Wildman–Crippen MR) is 107 cm³/mol. The highest BCUT2D eigenvalue weighted by Gasteiger charge is 2.37. The third-order valence-corrected chi connectivity index (χ3v) is 4.60. The van der Waals surface area contributed by atoms with Crippen LogP contribution in [0.1, 0.15) is 43.6 Å². The molecular weight excluding hydrogens is 386 g/mol. The summed E-state index contributed by atoms with van der Waals surface area (Å²) in [5.41, 5.74) is 6.64. The fourth-order valence-electron chi connectivity index (χ4n) is 3.06. The minimum atomic E-state index is -0.868. The maximum Gasteiger partial charge on any atom is 0.338 e. The van der Waals surface area contributed by atoms with Crippen LogP contribution in [0, 0.1) is 18.3 Å². The van der Waals surface area contributed by atoms with E-state index in [0.717, 1.165) is 10.5 Å². The minimum Gasteiger partial charge on any atom is -0.454 e. The molecule has 150 valence electrons. The SMILES string of the molecule is CC(N)=C(C#N)C(=O)COC(=O)c1ccc2c(c1)C(=O)N(c1ccccc1C)C2=O. The van der Waals surface area contributed by atoms with E-state index in [1.165, 1.54) is 25.1 Å². The average Bonchev–Trinajstić information content (AvgIpc) is 2.96. The molecular formula is C22H17N3O5. The van der Waals surface area contributed by atoms with Crippen molar-refractivity contribution in [3.8, 4) is 6.07 Å². The van der Waals surface area contributed by atoms with Crippen LogP contribution < -0.4 is 10.6 Å². The van der Waals surface area contributed by atoms with Gasteiger partial charge in [0.1, 0.15) is 11.6 Å². The molecule has 0 bridgehead atoms. The lowest BCUT2D eigenvalue weighted by atomic mass is 10.1. The second-order valence-electron chi connectivity index (χ2n) is 6.66. The Morgan fingerprint density at radius 1 is 1.10 bits per heavy atom. The number of amides is 2. The quantitative estimate of drug-likeness (QED) is 0.351. The van der Waals surface area contributed by atoms with E-state index in [2.05, 4.69) is 0 Å². The maximum absolute atomic E-state index is 12.8. The van der Waals surface area contributed by atoms with Gasteiger partial charge in [-0.1, -0.05) is 18.2 Å². The van der Waals surface area contributed by atoms with Crippen molar-refractivity contribution < 1.29 is 23.9 Å². The molecule has 0 spiro atoms. The molecule has 30 heavy (non-hydrogen) atoms. The number of carbonyl (C=O) groups is 4. The second-order valence-corrected chi connectivity index (χ2v) is 6.66. The summed E-state index contributed by atoms with van der Waals surface area (Å²) in [5.74, 6) is -2.64. The molecule has 8 nitrogen and oxygen atoms in total. The van der Waals surface area contributed by atoms with Gasteiger partial charge in [0.25, 0.3) is 11.8 Å². The summed E-state index contributed by atoms with van der Waals surface area (Å²) in [6, 6.07) is 12.6. The van der Waals surface area contributed by atoms with Crippen LogP contribution in [0.3, 0.4) is 0 Å². The molecule has 0 saturated carbocycles. The lowest BCUT2D eigenvalue weighted by Crippen LogP contribution is -2.29. The molecule has 1 heterocycles. The third-order valence-electron chi connectivity index (χ3n) is 4.60. The fraction of sp³-hybridized carbons (Fsp3) is 0.136. The Hall–Kier alpha value is -4.25. The number of allylic oxidation sites excluding steroid dienone is 1. The molecule has 0 aliphatic carbocycles. The summed E-state index contributed by atoms with van der Waals surface area (Å²) < 4.78 is 4.94. The van der Waals surface area contributed by atoms with Gasteiger partial charge in [-0.25, -0.2) is 9.69 Å². The Balaban J connectivity index is 1.82. The number of anilines is 1. The number of nitrogens with zero attached hydrogens (tertiary/aromatic N) is 2. The third kappa shape index (κ3) is 3.56. The first-order valence-corrected chi connectivity index (χ1v) is 8.91. The van der Waals surface area contributed by atoms with Crippen LogP contribution in [-0.2, 0) is 9.53 Å². The van der Waals surface area contributed by atoms with Crippen LogP contribution in [0.5, 0.6) is 0 Å². The van der Waals surface area contributed by atoms with Gasteiger partial charge in [0.05, 0.1) is 22.4 Å². The molecule has 1 aliphatic heterocycles. The molecule has 0 fully saturated rings. The average molecular weight is 403 g/mol. The van der Waals surface area contributed by atoms with Gasteiger partial charge in [0.15, 0.2) is 6.61 Å². The van der Waals surface area contributed by atoms with Gasteiger partial charge in [0.2, 0.25) is 5.78 Å². The zero-order valence-electron chi connectivity index (χ0n) is 16.3. The van der Waals surface area contributed by atoms with E-state index in [9.17, 15) is 19.2 Å². The highest BCUT2D eigenvalue weighted by molar-refractivity contribution is 6.35. The summed E-state index contributed by atoms with van der Waals surface area (Å²) >= 11 is 0. The van der Waals surface area contributed by atoms with Gasteiger partial charge >= 0.3 is 5.97 Å². The van der Waals surface area contributed by atoms with Crippen LogP contribution in [0.2, 0.25) is 0 Å². The van der Waals surface area contributed by atoms with E-state index in [-0.39, 0.29) is 28.0 Å². The maximum atomic E-state index is 12.8. The summed E-state index contributed by atoms with van der Waals surface area (Å²) in [6.07, 6.45) is 0. The Kier molecular flexibility index (Phi) is 5.47. The molecule has 3 rings (SSSR count). The molecule has 2 aromatic rings. The van der Waals surface area contributed by atoms with Crippen molar-refractivity contribution in [1.82, 2.24) is 0 Å². The molecule has 1 aliphatic rings. The molecule has 0 atom stereocenters. The van der Waals surface area contributed by atoms with Crippen molar-refractivity contribution in [2.45, 2.75) is 13.8 Å². The molecule has 8 heteroatoms. The van der Waals surface area contributed by atoms with Gasteiger partial charge in [-0.15, -0.1) is 0 Å². The van der Waals surface area contributed by atoms with Crippen molar-refractivity contribution in [1.29, 1.82) is 5.26 Å². The normalized spacial score (nSPS) is 13.4. The first-order valence-electron chi connectivity index (χ1n) is 8.91. The monoisotopic (exact) mass is 403 g/mol. The number of para-hydroxylation sites is 1. The van der Waals surface area contributed by atoms with Gasteiger partial charge in [-0.3, -0.25) is 14.4 Å². The zero-order valence-corrected chi connectivity index (χ0v) is 16.3. The van der Waals surface area contributed by atoms with E-state index in [1.54, 1.807) is 37.3 Å². The Morgan fingerprint density at radius 2 is 1.77 bits per heavy atom. The van der Waals surface area contributed by atoms with Gasteiger partial charge < -0.3 is 10.5 Å². The van der Waals surface area contributed by atoms with Crippen molar-refractivity contribution >= 4 is 29.3 Å². The Bertz CT molecular complexity index is 1170. The number of hydrogen-bond acceptors (Lipinski definition) is 7. The summed E-state index contributed by atoms with van der Waals surface area (Å²) in [5, 5.41) is 8.92. The van der Waals surface area contributed by atoms with Gasteiger partial charge in [-0.2, -0.15) is 5.26 Å². The van der Waals surface area contributed by atoms with E-state index >= 15 is 0 Å². The summed E-state index contributed by atoms with van der Waals surface area (Å²) in [6.45, 7) is 2.50. The molecule has 0 radical (unpaired) electrons. The van der Waals surface area contributed by atoms with Crippen LogP contribution >= 0.6 is 0 Å². The highest BCUT2D eigenvalue weighted by Crippen LogP contribution is 2.31. The number of hydrogen-bond donors (Lipinski definition) is 1. The number of carbonyl (C=O) groups excluding carboxylic acids is 4. The number of benzene rings is 2. The van der Waals surface area contributed by atoms with E-state index in [1.807, 2.05) is 0 Å². The number of ether oxygens (including phenoxy) is 1. The number of rotatable bonds is 5. The minimum absolute atomic E-state index is 0.00120. The summed E-state index contributed by atoms with van der Waals surface area (Å²) in [7, 11) is 0. The largest absolute Gasteiger partial charge is 0.454 e. The molecule has 0 unspecified atom stereocenters. The van der Waals surface area contributed by atoms with Gasteiger partial charge in [-0.05, 0) is 43.7 Å². The van der Waals surface area contributed by atoms with Crippen molar-refractivity contribution in [2.75, 3.05) is 11.5 Å². The lowest BCUT2D eigenvalue weighted by Gasteiger charge is -2.16. The predicted octanol–water partition coefficient (Wildman–Crippen LogP) is 2.28. The van der Waals surface area contributed by atoms with Crippen molar-refractivity contribution in [3.05, 3.63) is 76.0 Å². The number of imide groups is 1. The number of esters is 1. The van der Waals surface area contributed by atoms with Crippen LogP contribution in [0.4, 0.5) is 5.69 Å². The van der Waals surface area contributed by atoms with E-state index < -0.39 is 30.2 Å². The Labute approximate surface area is 172 Å². The first-order chi connectivity index (χ1) is 14.3. The number of ketones is 1. The molecule has 0 saturated heterocycles. The second kappa shape index (κ2) is 8.01. The number of Topliss-reactive ketones (excluding diaryl/α,β-unsaturated/α-hetero) is 1. The molecule has 2 N–H and O–H groups in total. The van der Waals surface area contributed by atoms with Crippen molar-refractivity contribution in [2.24, 2.45) is 5.73 Å². The van der Waals surface area contributed by atoms with Crippen LogP contribution in [-0.4, -0.2) is 30.2 Å². The first kappa shape index (κ1) is 20.5. The lowest BCUT2D eigenvalue weighted by molar-refractivity contribution is -0.118. The molecule has 0 aromatic heterocycles. The number of nitrogens with two attached hydrogens (primary N) is 1. The van der Waals surface area contributed by atoms with Crippen molar-refractivity contribution in [3.63, 3.8) is 0 Å². The standard InChI is InChI=1S/C22H17N3O5/c1-12-5-3-4-6-18(12)25-20(27)15-8-7-14(9-16(15)21(25)28)22(29)30-11-19(26)17(10-23)13(2)24/h3-9H,11,24H2,1-2H3. The number of nitriles is 1. The molecule has 2 amide bonds. The van der Waals surface area contributed by atoms with Gasteiger partial charge in [0, 0.05) is 5.70 Å². The van der Waals surface area contributed by atoms with E-state index in [4.69, 9.17) is 15.7 Å². The fourth-order valence-corrected chi connectivity index (χ4v) is 3.06. The Morgan fingerprint density at radius 3 is 2.40 bits per heavy atom. The number of aryl methyl sites for hydroxylation is 1. The highest BCUT2D eigenvalue weighted by atomic mass is 16.5. The van der Waals surface area contributed by atoms with Crippen LogP contribution in [0.15, 0.2) is 53.7 Å². The summed E-state index contributed by atoms with van der Waals surface area (Å²) in [4.78, 5) is 50.9. The topological polar surface area (TPSA) is 131 Å². The van der Waals surface area contributed by atoms with Crippen LogP contribution in [0.25, 0.3) is 0 Å². The molecule has 2 aromatic carbocycles.